The van der Waals surface area contributed by atoms with E-state index in [4.69, 9.17) is 4.74 Å². The van der Waals surface area contributed by atoms with Gasteiger partial charge >= 0.3 is 0 Å². The standard InChI is InChI=1S/C13H25NO/c1-13(2,3)14-7-4-11(5-8-14)12-6-9-15-10-12/h11-12H,4-10H2,1-3H3. The minimum Gasteiger partial charge on any atom is -0.381 e. The molecule has 2 heterocycles. The van der Waals surface area contributed by atoms with Crippen LogP contribution in [0.25, 0.3) is 0 Å². The van der Waals surface area contributed by atoms with E-state index in [1.54, 1.807) is 0 Å². The number of hydrogen-bond donors (Lipinski definition) is 0. The third-order valence-electron chi connectivity index (χ3n) is 4.12. The Morgan fingerprint density at radius 2 is 1.67 bits per heavy atom. The molecule has 0 aromatic carbocycles. The van der Waals surface area contributed by atoms with Crippen molar-refractivity contribution in [2.75, 3.05) is 26.3 Å². The third kappa shape index (κ3) is 2.73. The molecule has 15 heavy (non-hydrogen) atoms. The van der Waals surface area contributed by atoms with E-state index in [9.17, 15) is 0 Å². The average Bonchev–Trinajstić information content (AvgIpc) is 2.69. The second kappa shape index (κ2) is 4.42. The lowest BCUT2D eigenvalue weighted by Gasteiger charge is -2.42. The van der Waals surface area contributed by atoms with Crippen LogP contribution in [0.5, 0.6) is 0 Å². The lowest BCUT2D eigenvalue weighted by atomic mass is 9.83. The number of likely N-dealkylation sites (tertiary alicyclic amines) is 1. The Morgan fingerprint density at radius 1 is 1.00 bits per heavy atom. The summed E-state index contributed by atoms with van der Waals surface area (Å²) in [5.74, 6) is 1.80. The number of hydrogen-bond acceptors (Lipinski definition) is 2. The molecule has 1 atom stereocenters. The molecule has 0 N–H and O–H groups in total. The molecule has 2 aliphatic rings. The minimum atomic E-state index is 0.358. The van der Waals surface area contributed by atoms with Crippen molar-refractivity contribution in [2.45, 2.75) is 45.6 Å². The van der Waals surface area contributed by atoms with Crippen molar-refractivity contribution in [3.8, 4) is 0 Å². The first-order valence-electron chi connectivity index (χ1n) is 6.40. The lowest BCUT2D eigenvalue weighted by molar-refractivity contribution is 0.0664. The van der Waals surface area contributed by atoms with Gasteiger partial charge in [0.25, 0.3) is 0 Å². The Morgan fingerprint density at radius 3 is 2.13 bits per heavy atom. The van der Waals surface area contributed by atoms with E-state index in [2.05, 4.69) is 25.7 Å². The van der Waals surface area contributed by atoms with Gasteiger partial charge in [-0.15, -0.1) is 0 Å². The van der Waals surface area contributed by atoms with Crippen LogP contribution in [-0.2, 0) is 4.74 Å². The summed E-state index contributed by atoms with van der Waals surface area (Å²) in [5, 5.41) is 0. The predicted molar refractivity (Wildman–Crippen MR) is 63.0 cm³/mol. The van der Waals surface area contributed by atoms with Crippen LogP contribution in [-0.4, -0.2) is 36.7 Å². The molecule has 0 saturated carbocycles. The molecule has 0 aromatic heterocycles. The van der Waals surface area contributed by atoms with Gasteiger partial charge in [0.15, 0.2) is 0 Å². The molecule has 2 saturated heterocycles. The molecule has 0 radical (unpaired) electrons. The van der Waals surface area contributed by atoms with Gasteiger partial charge < -0.3 is 4.74 Å². The van der Waals surface area contributed by atoms with Gasteiger partial charge in [-0.1, -0.05) is 0 Å². The first-order chi connectivity index (χ1) is 7.07. The summed E-state index contributed by atoms with van der Waals surface area (Å²) in [6.07, 6.45) is 4.07. The van der Waals surface area contributed by atoms with Gasteiger partial charge in [0.1, 0.15) is 0 Å². The topological polar surface area (TPSA) is 12.5 Å². The van der Waals surface area contributed by atoms with E-state index < -0.39 is 0 Å². The molecule has 0 bridgehead atoms. The molecule has 2 fully saturated rings. The van der Waals surface area contributed by atoms with Crippen molar-refractivity contribution in [3.63, 3.8) is 0 Å². The fourth-order valence-corrected chi connectivity index (χ4v) is 2.97. The molecule has 0 aliphatic carbocycles. The number of piperidine rings is 1. The van der Waals surface area contributed by atoms with Gasteiger partial charge in [0, 0.05) is 18.8 Å². The predicted octanol–water partition coefficient (Wildman–Crippen LogP) is 2.53. The fraction of sp³-hybridized carbons (Fsp3) is 1.00. The molecule has 0 aromatic rings. The largest absolute Gasteiger partial charge is 0.381 e. The van der Waals surface area contributed by atoms with Crippen LogP contribution < -0.4 is 0 Å². The van der Waals surface area contributed by atoms with Gasteiger partial charge in [-0.05, 0) is 65.0 Å². The second-order valence-corrected chi connectivity index (χ2v) is 6.12. The fourth-order valence-electron chi connectivity index (χ4n) is 2.97. The van der Waals surface area contributed by atoms with E-state index >= 15 is 0 Å². The number of rotatable bonds is 1. The van der Waals surface area contributed by atoms with Gasteiger partial charge in [0.2, 0.25) is 0 Å². The minimum absolute atomic E-state index is 0.358. The first-order valence-corrected chi connectivity index (χ1v) is 6.40. The summed E-state index contributed by atoms with van der Waals surface area (Å²) < 4.78 is 5.49. The van der Waals surface area contributed by atoms with Crippen LogP contribution in [0.4, 0.5) is 0 Å². The van der Waals surface area contributed by atoms with Crippen LogP contribution in [0.3, 0.4) is 0 Å². The van der Waals surface area contributed by atoms with Crippen LogP contribution >= 0.6 is 0 Å². The van der Waals surface area contributed by atoms with Crippen LogP contribution in [0, 0.1) is 11.8 Å². The molecule has 1 unspecified atom stereocenters. The maximum atomic E-state index is 5.49. The van der Waals surface area contributed by atoms with E-state index in [0.29, 0.717) is 5.54 Å². The monoisotopic (exact) mass is 211 g/mol. The summed E-state index contributed by atoms with van der Waals surface area (Å²) >= 11 is 0. The van der Waals surface area contributed by atoms with E-state index in [0.717, 1.165) is 25.0 Å². The summed E-state index contributed by atoms with van der Waals surface area (Å²) in [5.41, 5.74) is 0.358. The quantitative estimate of drug-likeness (QED) is 0.661. The Bertz CT molecular complexity index is 195. The van der Waals surface area contributed by atoms with Gasteiger partial charge in [-0.25, -0.2) is 0 Å². The van der Waals surface area contributed by atoms with Crippen LogP contribution in [0.2, 0.25) is 0 Å². The van der Waals surface area contributed by atoms with Gasteiger partial charge in [-0.2, -0.15) is 0 Å². The molecule has 0 spiro atoms. The molecule has 0 amide bonds. The molecule has 2 heteroatoms. The molecule has 2 aliphatic heterocycles. The van der Waals surface area contributed by atoms with Crippen molar-refractivity contribution in [1.82, 2.24) is 4.90 Å². The zero-order valence-electron chi connectivity index (χ0n) is 10.5. The SMILES string of the molecule is CC(C)(C)N1CCC(C2CCOC2)CC1. The van der Waals surface area contributed by atoms with Gasteiger partial charge in [0.05, 0.1) is 0 Å². The van der Waals surface area contributed by atoms with Crippen LogP contribution in [0.15, 0.2) is 0 Å². The number of ether oxygens (including phenoxy) is 1. The van der Waals surface area contributed by atoms with Crippen molar-refractivity contribution in [2.24, 2.45) is 11.8 Å². The van der Waals surface area contributed by atoms with Crippen molar-refractivity contribution >= 4 is 0 Å². The zero-order valence-corrected chi connectivity index (χ0v) is 10.5. The smallest absolute Gasteiger partial charge is 0.0497 e. The summed E-state index contributed by atoms with van der Waals surface area (Å²) in [7, 11) is 0. The van der Waals surface area contributed by atoms with Crippen molar-refractivity contribution < 1.29 is 4.74 Å². The van der Waals surface area contributed by atoms with E-state index in [-0.39, 0.29) is 0 Å². The van der Waals surface area contributed by atoms with Crippen LogP contribution in [0.1, 0.15) is 40.0 Å². The maximum Gasteiger partial charge on any atom is 0.0497 e. The van der Waals surface area contributed by atoms with E-state index in [1.165, 1.54) is 32.4 Å². The molecule has 2 nitrogen and oxygen atoms in total. The van der Waals surface area contributed by atoms with E-state index in [1.807, 2.05) is 0 Å². The Kier molecular flexibility index (Phi) is 3.36. The zero-order chi connectivity index (χ0) is 10.9. The normalized spacial score (nSPS) is 31.0. The third-order valence-corrected chi connectivity index (χ3v) is 4.12. The second-order valence-electron chi connectivity index (χ2n) is 6.12. The first kappa shape index (κ1) is 11.4. The molecule has 2 rings (SSSR count). The highest BCUT2D eigenvalue weighted by atomic mass is 16.5. The highest BCUT2D eigenvalue weighted by Crippen LogP contribution is 2.32. The van der Waals surface area contributed by atoms with Crippen molar-refractivity contribution in [3.05, 3.63) is 0 Å². The Balaban J connectivity index is 1.81. The van der Waals surface area contributed by atoms with Crippen molar-refractivity contribution in [1.29, 1.82) is 0 Å². The van der Waals surface area contributed by atoms with Gasteiger partial charge in [-0.3, -0.25) is 4.90 Å². The highest BCUT2D eigenvalue weighted by Gasteiger charge is 2.32. The Labute approximate surface area is 94.0 Å². The summed E-state index contributed by atoms with van der Waals surface area (Å²) in [6, 6.07) is 0. The maximum absolute atomic E-state index is 5.49. The lowest BCUT2D eigenvalue weighted by Crippen LogP contribution is -2.47. The summed E-state index contributed by atoms with van der Waals surface area (Å²) in [4.78, 5) is 2.62. The summed E-state index contributed by atoms with van der Waals surface area (Å²) in [6.45, 7) is 11.6. The average molecular weight is 211 g/mol. The Hall–Kier alpha value is -0.0800. The highest BCUT2D eigenvalue weighted by molar-refractivity contribution is 4.85. The molecule has 88 valence electrons. The molecular formula is C13H25NO. The number of nitrogens with zero attached hydrogens (tertiary/aromatic N) is 1. The molecular weight excluding hydrogens is 186 g/mol.